The number of hydrogen-bond acceptors (Lipinski definition) is 11. The number of nitrogens with two attached hydrogens (primary N) is 1. The van der Waals surface area contributed by atoms with Gasteiger partial charge in [-0.1, -0.05) is 90.0 Å². The fourth-order valence-electron chi connectivity index (χ4n) is 5.59. The third-order valence-electron chi connectivity index (χ3n) is 7.84. The lowest BCUT2D eigenvalue weighted by molar-refractivity contribution is -0.288. The average molecular weight is 650 g/mol. The Morgan fingerprint density at radius 2 is 1.17 bits per heavy atom. The number of aryl methyl sites for hydroxylation is 1. The summed E-state index contributed by atoms with van der Waals surface area (Å²) in [6.45, 7) is 6.64. The van der Waals surface area contributed by atoms with Gasteiger partial charge in [0.05, 0.1) is 5.69 Å². The SMILES string of the molecule is CCCCCCCCCCCCCCCc1ccc(N)c(O[C@H]2O[C@@H](COC(C)=O)[C@@H](OC(C)=O)[C@@H](OC(C)=O)[C@H]2OC(C)=O)c1. The van der Waals surface area contributed by atoms with E-state index in [1.165, 1.54) is 98.3 Å². The van der Waals surface area contributed by atoms with E-state index in [9.17, 15) is 19.2 Å². The third-order valence-corrected chi connectivity index (χ3v) is 7.84. The highest BCUT2D eigenvalue weighted by molar-refractivity contribution is 5.68. The number of carbonyl (C=O) groups excluding carboxylic acids is 4. The minimum absolute atomic E-state index is 0.285. The van der Waals surface area contributed by atoms with Crippen molar-refractivity contribution in [2.45, 2.75) is 155 Å². The van der Waals surface area contributed by atoms with Gasteiger partial charge in [0.25, 0.3) is 0 Å². The van der Waals surface area contributed by atoms with Gasteiger partial charge in [-0.3, -0.25) is 19.2 Å². The summed E-state index contributed by atoms with van der Waals surface area (Å²) in [6.07, 6.45) is 11.1. The number of nitrogen functional groups attached to an aromatic ring is 1. The van der Waals surface area contributed by atoms with E-state index in [0.29, 0.717) is 5.69 Å². The van der Waals surface area contributed by atoms with Crippen LogP contribution in [0.15, 0.2) is 18.2 Å². The molecule has 0 aromatic heterocycles. The second-order valence-corrected chi connectivity index (χ2v) is 12.1. The van der Waals surface area contributed by atoms with Gasteiger partial charge in [0.15, 0.2) is 12.2 Å². The Morgan fingerprint density at radius 3 is 1.70 bits per heavy atom. The molecule has 0 saturated carbocycles. The predicted octanol–water partition coefficient (Wildman–Crippen LogP) is 6.36. The van der Waals surface area contributed by atoms with Crippen molar-refractivity contribution < 1.29 is 47.6 Å². The molecule has 2 rings (SSSR count). The van der Waals surface area contributed by atoms with Crippen molar-refractivity contribution in [1.29, 1.82) is 0 Å². The maximum absolute atomic E-state index is 12.1. The van der Waals surface area contributed by atoms with Crippen LogP contribution in [0, 0.1) is 0 Å². The highest BCUT2D eigenvalue weighted by atomic mass is 16.7. The minimum atomic E-state index is -1.34. The Hall–Kier alpha value is -3.34. The van der Waals surface area contributed by atoms with Gasteiger partial charge in [-0.15, -0.1) is 0 Å². The van der Waals surface area contributed by atoms with Crippen LogP contribution >= 0.6 is 0 Å². The largest absolute Gasteiger partial charge is 0.463 e. The number of hydrogen-bond donors (Lipinski definition) is 1. The van der Waals surface area contributed by atoms with Gasteiger partial charge in [0, 0.05) is 27.7 Å². The van der Waals surface area contributed by atoms with Gasteiger partial charge < -0.3 is 34.2 Å². The van der Waals surface area contributed by atoms with E-state index in [-0.39, 0.29) is 12.4 Å². The predicted molar refractivity (Wildman–Crippen MR) is 173 cm³/mol. The molecule has 1 aliphatic heterocycles. The van der Waals surface area contributed by atoms with Gasteiger partial charge in [-0.05, 0) is 30.5 Å². The van der Waals surface area contributed by atoms with Crippen molar-refractivity contribution in [3.8, 4) is 5.75 Å². The van der Waals surface area contributed by atoms with Crippen LogP contribution in [-0.2, 0) is 49.3 Å². The van der Waals surface area contributed by atoms with Crippen LogP contribution in [0.5, 0.6) is 5.75 Å². The molecule has 1 aromatic rings. The first-order valence-electron chi connectivity index (χ1n) is 16.9. The molecular formula is C35H55NO10. The first kappa shape index (κ1) is 38.8. The molecule has 0 bridgehead atoms. The van der Waals surface area contributed by atoms with E-state index in [0.717, 1.165) is 24.8 Å². The monoisotopic (exact) mass is 649 g/mol. The summed E-state index contributed by atoms with van der Waals surface area (Å²) in [5.74, 6) is -2.44. The Labute approximate surface area is 274 Å². The fraction of sp³-hybridized carbons (Fsp3) is 0.714. The molecule has 0 aliphatic carbocycles. The highest BCUT2D eigenvalue weighted by Gasteiger charge is 2.53. The topological polar surface area (TPSA) is 150 Å². The molecule has 1 saturated heterocycles. The highest BCUT2D eigenvalue weighted by Crippen LogP contribution is 2.33. The smallest absolute Gasteiger partial charge is 0.303 e. The lowest BCUT2D eigenvalue weighted by Gasteiger charge is -2.44. The molecule has 1 heterocycles. The van der Waals surface area contributed by atoms with E-state index in [2.05, 4.69) is 6.92 Å². The Bertz CT molecular complexity index is 1090. The molecule has 0 radical (unpaired) electrons. The number of esters is 4. The van der Waals surface area contributed by atoms with Crippen LogP contribution < -0.4 is 10.5 Å². The lowest BCUT2D eigenvalue weighted by Crippen LogP contribution is -2.63. The quantitative estimate of drug-likeness (QED) is 0.0685. The number of ether oxygens (including phenoxy) is 6. The second-order valence-electron chi connectivity index (χ2n) is 12.1. The van der Waals surface area contributed by atoms with Crippen molar-refractivity contribution in [2.24, 2.45) is 0 Å². The molecule has 1 aromatic carbocycles. The van der Waals surface area contributed by atoms with Crippen molar-refractivity contribution in [1.82, 2.24) is 0 Å². The molecule has 0 amide bonds. The molecule has 11 nitrogen and oxygen atoms in total. The Morgan fingerprint density at radius 1 is 0.674 bits per heavy atom. The van der Waals surface area contributed by atoms with Crippen LogP contribution in [0.1, 0.15) is 124 Å². The van der Waals surface area contributed by atoms with Crippen molar-refractivity contribution >= 4 is 29.6 Å². The van der Waals surface area contributed by atoms with Gasteiger partial charge in [-0.25, -0.2) is 0 Å². The molecule has 0 spiro atoms. The van der Waals surface area contributed by atoms with Crippen molar-refractivity contribution in [3.63, 3.8) is 0 Å². The zero-order valence-electron chi connectivity index (χ0n) is 28.4. The first-order chi connectivity index (χ1) is 22.0. The molecule has 46 heavy (non-hydrogen) atoms. The number of carbonyl (C=O) groups is 4. The van der Waals surface area contributed by atoms with E-state index >= 15 is 0 Å². The number of benzene rings is 1. The maximum Gasteiger partial charge on any atom is 0.303 e. The first-order valence-corrected chi connectivity index (χ1v) is 16.9. The second kappa shape index (κ2) is 21.5. The molecule has 2 N–H and O–H groups in total. The van der Waals surface area contributed by atoms with Crippen molar-refractivity contribution in [3.05, 3.63) is 23.8 Å². The summed E-state index contributed by atoms with van der Waals surface area (Å²) in [7, 11) is 0. The standard InChI is InChI=1S/C35H55NO10/c1-6-7-8-9-10-11-12-13-14-15-16-17-18-19-28-20-21-29(36)30(22-28)45-35-34(44-27(5)40)33(43-26(4)39)32(42-25(3)38)31(46-35)23-41-24(2)37/h20-22,31-35H,6-19,23,36H2,1-5H3/t31-,32+,33+,34+,35-/m0/s1. The minimum Gasteiger partial charge on any atom is -0.463 e. The summed E-state index contributed by atoms with van der Waals surface area (Å²) in [6, 6.07) is 5.48. The fourth-order valence-corrected chi connectivity index (χ4v) is 5.59. The van der Waals surface area contributed by atoms with E-state index < -0.39 is 54.6 Å². The van der Waals surface area contributed by atoms with Crippen LogP contribution in [0.4, 0.5) is 5.69 Å². The van der Waals surface area contributed by atoms with E-state index in [1.54, 1.807) is 6.07 Å². The van der Waals surface area contributed by atoms with Gasteiger partial charge in [-0.2, -0.15) is 0 Å². The Kier molecular flexibility index (Phi) is 18.1. The van der Waals surface area contributed by atoms with E-state index in [1.807, 2.05) is 12.1 Å². The van der Waals surface area contributed by atoms with Crippen LogP contribution in [-0.4, -0.2) is 61.2 Å². The van der Waals surface area contributed by atoms with Crippen molar-refractivity contribution in [2.75, 3.05) is 12.3 Å². The summed E-state index contributed by atoms with van der Waals surface area (Å²) in [5.41, 5.74) is 7.59. The normalized spacial score (nSPS) is 20.8. The summed E-state index contributed by atoms with van der Waals surface area (Å²) in [5, 5.41) is 0. The number of anilines is 1. The molecule has 5 atom stereocenters. The molecular weight excluding hydrogens is 594 g/mol. The van der Waals surface area contributed by atoms with Gasteiger partial charge in [0.1, 0.15) is 18.5 Å². The molecule has 1 fully saturated rings. The van der Waals surface area contributed by atoms with E-state index in [4.69, 9.17) is 34.2 Å². The Balaban J connectivity index is 2.03. The molecule has 1 aliphatic rings. The molecule has 0 unspecified atom stereocenters. The zero-order chi connectivity index (χ0) is 33.9. The third kappa shape index (κ3) is 14.8. The molecule has 11 heteroatoms. The number of unbranched alkanes of at least 4 members (excludes halogenated alkanes) is 12. The summed E-state index contributed by atoms with van der Waals surface area (Å²) in [4.78, 5) is 47.8. The van der Waals surface area contributed by atoms with Crippen LogP contribution in [0.3, 0.4) is 0 Å². The summed E-state index contributed by atoms with van der Waals surface area (Å²) >= 11 is 0. The van der Waals surface area contributed by atoms with Gasteiger partial charge >= 0.3 is 23.9 Å². The summed E-state index contributed by atoms with van der Waals surface area (Å²) < 4.78 is 33.7. The van der Waals surface area contributed by atoms with Gasteiger partial charge in [0.2, 0.25) is 12.4 Å². The average Bonchev–Trinajstić information content (AvgIpc) is 2.98. The zero-order valence-corrected chi connectivity index (χ0v) is 28.4. The maximum atomic E-state index is 12.1. The van der Waals surface area contributed by atoms with Crippen LogP contribution in [0.2, 0.25) is 0 Å². The lowest BCUT2D eigenvalue weighted by atomic mass is 9.98. The number of rotatable bonds is 21. The molecule has 260 valence electrons. The van der Waals surface area contributed by atoms with Crippen LogP contribution in [0.25, 0.3) is 0 Å².